The average molecular weight is 212 g/mol. The molecule has 80 valence electrons. The molecule has 0 atom stereocenters. The van der Waals surface area contributed by atoms with Gasteiger partial charge in [-0.15, -0.1) is 0 Å². The van der Waals surface area contributed by atoms with Gasteiger partial charge in [0.2, 0.25) is 0 Å². The number of hydrogen-bond donors (Lipinski definition) is 1. The largest absolute Gasteiger partial charge is 0.508 e. The van der Waals surface area contributed by atoms with Crippen LogP contribution in [0.25, 0.3) is 11.1 Å². The molecule has 1 N–H and O–H groups in total. The van der Waals surface area contributed by atoms with E-state index < -0.39 is 0 Å². The minimum atomic E-state index is 0.272. The van der Waals surface area contributed by atoms with Crippen molar-refractivity contribution < 1.29 is 9.90 Å². The second kappa shape index (κ2) is 4.19. The molecule has 0 saturated heterocycles. The zero-order valence-electron chi connectivity index (χ0n) is 8.97. The molecule has 0 aromatic heterocycles. The van der Waals surface area contributed by atoms with Crippen LogP contribution in [-0.4, -0.2) is 11.4 Å². The van der Waals surface area contributed by atoms with Gasteiger partial charge >= 0.3 is 0 Å². The molecule has 2 nitrogen and oxygen atoms in total. The lowest BCUT2D eigenvalue weighted by Crippen LogP contribution is -1.83. The van der Waals surface area contributed by atoms with Crippen molar-refractivity contribution in [2.75, 3.05) is 0 Å². The number of aromatic hydroxyl groups is 1. The first-order valence-corrected chi connectivity index (χ1v) is 5.06. The molecule has 0 spiro atoms. The molecule has 0 aliphatic carbocycles. The molecule has 0 aliphatic rings. The van der Waals surface area contributed by atoms with Crippen LogP contribution in [0, 0.1) is 6.92 Å². The number of phenols is 1. The van der Waals surface area contributed by atoms with Gasteiger partial charge in [0.25, 0.3) is 0 Å². The Balaban J connectivity index is 2.49. The molecular weight excluding hydrogens is 200 g/mol. The molecular formula is C14H12O2. The van der Waals surface area contributed by atoms with Gasteiger partial charge in [-0.1, -0.05) is 30.3 Å². The van der Waals surface area contributed by atoms with Crippen LogP contribution in [0.2, 0.25) is 0 Å². The lowest BCUT2D eigenvalue weighted by molar-refractivity contribution is 0.112. The monoisotopic (exact) mass is 212 g/mol. The van der Waals surface area contributed by atoms with Crippen molar-refractivity contribution in [2.45, 2.75) is 6.92 Å². The molecule has 2 heteroatoms. The highest BCUT2D eigenvalue weighted by molar-refractivity contribution is 5.79. The lowest BCUT2D eigenvalue weighted by atomic mass is 10.0. The smallest absolute Gasteiger partial charge is 0.150 e. The molecule has 0 radical (unpaired) electrons. The maximum absolute atomic E-state index is 10.7. The summed E-state index contributed by atoms with van der Waals surface area (Å²) >= 11 is 0. The summed E-state index contributed by atoms with van der Waals surface area (Å²) < 4.78 is 0. The second-order valence-corrected chi connectivity index (χ2v) is 3.74. The van der Waals surface area contributed by atoms with Gasteiger partial charge in [0.05, 0.1) is 0 Å². The van der Waals surface area contributed by atoms with E-state index in [0.717, 1.165) is 23.0 Å². The fourth-order valence-corrected chi connectivity index (χ4v) is 1.58. The van der Waals surface area contributed by atoms with Crippen molar-refractivity contribution in [1.82, 2.24) is 0 Å². The molecule has 2 aromatic carbocycles. The van der Waals surface area contributed by atoms with Gasteiger partial charge in [0.15, 0.2) is 0 Å². The van der Waals surface area contributed by atoms with Crippen molar-refractivity contribution in [1.29, 1.82) is 0 Å². The zero-order valence-corrected chi connectivity index (χ0v) is 8.97. The molecule has 2 rings (SSSR count). The van der Waals surface area contributed by atoms with E-state index >= 15 is 0 Å². The SMILES string of the molecule is Cc1ccc(-c2cccc(C=O)c2)cc1O. The van der Waals surface area contributed by atoms with Crippen molar-refractivity contribution in [2.24, 2.45) is 0 Å². The first-order chi connectivity index (χ1) is 7.70. The summed E-state index contributed by atoms with van der Waals surface area (Å²) in [5.74, 6) is 0.272. The summed E-state index contributed by atoms with van der Waals surface area (Å²) in [7, 11) is 0. The maximum atomic E-state index is 10.7. The van der Waals surface area contributed by atoms with Gasteiger partial charge in [0, 0.05) is 5.56 Å². The lowest BCUT2D eigenvalue weighted by Gasteiger charge is -2.05. The number of benzene rings is 2. The molecule has 16 heavy (non-hydrogen) atoms. The summed E-state index contributed by atoms with van der Waals surface area (Å²) in [4.78, 5) is 10.7. The van der Waals surface area contributed by atoms with Crippen LogP contribution in [0.5, 0.6) is 5.75 Å². The van der Waals surface area contributed by atoms with Crippen LogP contribution >= 0.6 is 0 Å². The van der Waals surface area contributed by atoms with Gasteiger partial charge in [-0.3, -0.25) is 4.79 Å². The number of hydrogen-bond acceptors (Lipinski definition) is 2. The Morgan fingerprint density at radius 1 is 1.06 bits per heavy atom. The van der Waals surface area contributed by atoms with Gasteiger partial charge in [-0.05, 0) is 35.7 Å². The van der Waals surface area contributed by atoms with E-state index in [-0.39, 0.29) is 5.75 Å². The van der Waals surface area contributed by atoms with Crippen LogP contribution < -0.4 is 0 Å². The van der Waals surface area contributed by atoms with Crippen LogP contribution in [0.3, 0.4) is 0 Å². The highest BCUT2D eigenvalue weighted by atomic mass is 16.3. The van der Waals surface area contributed by atoms with Crippen molar-refractivity contribution in [3.8, 4) is 16.9 Å². The Hall–Kier alpha value is -2.09. The van der Waals surface area contributed by atoms with Crippen LogP contribution in [0.15, 0.2) is 42.5 Å². The predicted molar refractivity (Wildman–Crippen MR) is 63.7 cm³/mol. The highest BCUT2D eigenvalue weighted by Gasteiger charge is 2.02. The third-order valence-corrected chi connectivity index (χ3v) is 2.57. The van der Waals surface area contributed by atoms with Gasteiger partial charge in [0.1, 0.15) is 12.0 Å². The number of aldehydes is 1. The molecule has 0 unspecified atom stereocenters. The Labute approximate surface area is 94.2 Å². The fourth-order valence-electron chi connectivity index (χ4n) is 1.58. The first-order valence-electron chi connectivity index (χ1n) is 5.06. The molecule has 0 fully saturated rings. The first kappa shape index (κ1) is 10.4. The topological polar surface area (TPSA) is 37.3 Å². The van der Waals surface area contributed by atoms with E-state index in [0.29, 0.717) is 5.56 Å². The summed E-state index contributed by atoms with van der Waals surface area (Å²) in [5.41, 5.74) is 3.32. The molecule has 2 aromatic rings. The minimum Gasteiger partial charge on any atom is -0.508 e. The molecule has 0 amide bonds. The van der Waals surface area contributed by atoms with E-state index in [1.54, 1.807) is 18.2 Å². The summed E-state index contributed by atoms with van der Waals surface area (Å²) in [6.07, 6.45) is 0.817. The standard InChI is InChI=1S/C14H12O2/c1-10-5-6-13(8-14(10)16)12-4-2-3-11(7-12)9-15/h2-9,16H,1H3. The molecule has 0 aliphatic heterocycles. The van der Waals surface area contributed by atoms with Crippen LogP contribution in [0.4, 0.5) is 0 Å². The van der Waals surface area contributed by atoms with E-state index in [1.807, 2.05) is 31.2 Å². The quantitative estimate of drug-likeness (QED) is 0.776. The molecule has 0 saturated carbocycles. The highest BCUT2D eigenvalue weighted by Crippen LogP contribution is 2.26. The van der Waals surface area contributed by atoms with Crippen molar-refractivity contribution >= 4 is 6.29 Å². The number of aryl methyl sites for hydroxylation is 1. The van der Waals surface area contributed by atoms with Crippen molar-refractivity contribution in [3.05, 3.63) is 53.6 Å². The van der Waals surface area contributed by atoms with E-state index in [1.165, 1.54) is 0 Å². The molecule has 0 bridgehead atoms. The van der Waals surface area contributed by atoms with E-state index in [4.69, 9.17) is 0 Å². The van der Waals surface area contributed by atoms with Gasteiger partial charge < -0.3 is 5.11 Å². The third-order valence-electron chi connectivity index (χ3n) is 2.57. The number of carbonyl (C=O) groups excluding carboxylic acids is 1. The summed E-state index contributed by atoms with van der Waals surface area (Å²) in [6.45, 7) is 1.85. The van der Waals surface area contributed by atoms with Crippen LogP contribution in [-0.2, 0) is 0 Å². The van der Waals surface area contributed by atoms with Gasteiger partial charge in [-0.2, -0.15) is 0 Å². The predicted octanol–water partition coefficient (Wildman–Crippen LogP) is 3.18. The number of phenolic OH excluding ortho intramolecular Hbond substituents is 1. The second-order valence-electron chi connectivity index (χ2n) is 3.74. The summed E-state index contributed by atoms with van der Waals surface area (Å²) in [5, 5.41) is 9.62. The Kier molecular flexibility index (Phi) is 2.73. The Morgan fingerprint density at radius 2 is 1.81 bits per heavy atom. The van der Waals surface area contributed by atoms with E-state index in [9.17, 15) is 9.90 Å². The maximum Gasteiger partial charge on any atom is 0.150 e. The Morgan fingerprint density at radius 3 is 2.50 bits per heavy atom. The average Bonchev–Trinajstić information content (AvgIpc) is 2.33. The fraction of sp³-hybridized carbons (Fsp3) is 0.0714. The molecule has 0 heterocycles. The van der Waals surface area contributed by atoms with Gasteiger partial charge in [-0.25, -0.2) is 0 Å². The summed E-state index contributed by atoms with van der Waals surface area (Å²) in [6, 6.07) is 12.8. The zero-order chi connectivity index (χ0) is 11.5. The number of rotatable bonds is 2. The normalized spacial score (nSPS) is 10.1. The van der Waals surface area contributed by atoms with Crippen molar-refractivity contribution in [3.63, 3.8) is 0 Å². The Bertz CT molecular complexity index is 530. The third kappa shape index (κ3) is 1.96. The minimum absolute atomic E-state index is 0.272. The van der Waals surface area contributed by atoms with Crippen LogP contribution in [0.1, 0.15) is 15.9 Å². The number of carbonyl (C=O) groups is 1. The van der Waals surface area contributed by atoms with E-state index in [2.05, 4.69) is 0 Å².